The molecule has 0 unspecified atom stereocenters. The lowest BCUT2D eigenvalue weighted by Gasteiger charge is -2.36. The van der Waals surface area contributed by atoms with E-state index in [0.29, 0.717) is 5.88 Å². The topological polar surface area (TPSA) is 70.8 Å². The van der Waals surface area contributed by atoms with Gasteiger partial charge in [-0.2, -0.15) is 5.10 Å². The fourth-order valence-electron chi connectivity index (χ4n) is 4.60. The molecule has 4 aromatic rings. The van der Waals surface area contributed by atoms with Gasteiger partial charge in [0, 0.05) is 61.4 Å². The fourth-order valence-corrected chi connectivity index (χ4v) is 4.60. The van der Waals surface area contributed by atoms with E-state index in [4.69, 9.17) is 4.74 Å². The van der Waals surface area contributed by atoms with E-state index < -0.39 is 0 Å². The first kappa shape index (κ1) is 20.0. The van der Waals surface area contributed by atoms with Gasteiger partial charge in [-0.1, -0.05) is 0 Å². The highest BCUT2D eigenvalue weighted by Crippen LogP contribution is 2.30. The summed E-state index contributed by atoms with van der Waals surface area (Å²) >= 11 is 0. The van der Waals surface area contributed by atoms with Crippen molar-refractivity contribution in [2.24, 2.45) is 0 Å². The number of anilines is 3. The summed E-state index contributed by atoms with van der Waals surface area (Å²) in [6.07, 6.45) is 6.08. The first-order chi connectivity index (χ1) is 16.3. The molecule has 2 aliphatic rings. The SMILES string of the molecule is COc1cc(-c2ccc(Nc3ccc(N4CCN(C5CC5)CC4)cc3)c3ncnn23)ccn1. The van der Waals surface area contributed by atoms with Crippen molar-refractivity contribution in [3.8, 4) is 17.1 Å². The lowest BCUT2D eigenvalue weighted by Crippen LogP contribution is -2.47. The number of methoxy groups -OCH3 is 1. The second-order valence-corrected chi connectivity index (χ2v) is 8.64. The number of benzene rings is 1. The number of hydrogen-bond donors (Lipinski definition) is 1. The zero-order valence-corrected chi connectivity index (χ0v) is 18.7. The van der Waals surface area contributed by atoms with Crippen LogP contribution in [0.2, 0.25) is 0 Å². The van der Waals surface area contributed by atoms with Gasteiger partial charge in [-0.3, -0.25) is 4.90 Å². The third-order valence-corrected chi connectivity index (χ3v) is 6.55. The fraction of sp³-hybridized carbons (Fsp3) is 0.320. The van der Waals surface area contributed by atoms with Crippen molar-refractivity contribution in [3.63, 3.8) is 0 Å². The van der Waals surface area contributed by atoms with Gasteiger partial charge < -0.3 is 15.0 Å². The number of nitrogens with one attached hydrogen (secondary N) is 1. The van der Waals surface area contributed by atoms with Crippen molar-refractivity contribution in [2.45, 2.75) is 18.9 Å². The van der Waals surface area contributed by atoms with Gasteiger partial charge in [0.2, 0.25) is 5.88 Å². The van der Waals surface area contributed by atoms with E-state index >= 15 is 0 Å². The molecule has 1 aliphatic carbocycles. The zero-order valence-electron chi connectivity index (χ0n) is 18.7. The van der Waals surface area contributed by atoms with E-state index in [2.05, 4.69) is 54.4 Å². The lowest BCUT2D eigenvalue weighted by molar-refractivity contribution is 0.248. The zero-order chi connectivity index (χ0) is 22.2. The first-order valence-electron chi connectivity index (χ1n) is 11.5. The Labute approximate surface area is 192 Å². The molecule has 1 saturated heterocycles. The minimum atomic E-state index is 0.567. The summed E-state index contributed by atoms with van der Waals surface area (Å²) in [5.74, 6) is 0.567. The number of hydrogen-bond acceptors (Lipinski definition) is 7. The molecule has 0 atom stereocenters. The third-order valence-electron chi connectivity index (χ3n) is 6.55. The van der Waals surface area contributed by atoms with Crippen molar-refractivity contribution in [2.75, 3.05) is 43.5 Å². The number of aromatic nitrogens is 4. The van der Waals surface area contributed by atoms with E-state index in [0.717, 1.165) is 47.4 Å². The van der Waals surface area contributed by atoms with Crippen molar-refractivity contribution < 1.29 is 4.74 Å². The Bertz CT molecular complexity index is 1260. The van der Waals surface area contributed by atoms with E-state index in [9.17, 15) is 0 Å². The quantitative estimate of drug-likeness (QED) is 0.488. The smallest absolute Gasteiger partial charge is 0.213 e. The highest BCUT2D eigenvalue weighted by Gasteiger charge is 2.31. The molecule has 1 N–H and O–H groups in total. The second-order valence-electron chi connectivity index (χ2n) is 8.64. The Balaban J connectivity index is 1.20. The molecule has 0 radical (unpaired) electrons. The Morgan fingerprint density at radius 2 is 1.76 bits per heavy atom. The van der Waals surface area contributed by atoms with E-state index in [-0.39, 0.29) is 0 Å². The highest BCUT2D eigenvalue weighted by atomic mass is 16.5. The van der Waals surface area contributed by atoms with Gasteiger partial charge in [-0.15, -0.1) is 0 Å². The number of nitrogens with zero attached hydrogens (tertiary/aromatic N) is 6. The summed E-state index contributed by atoms with van der Waals surface area (Å²) < 4.78 is 7.11. The molecule has 3 aromatic heterocycles. The van der Waals surface area contributed by atoms with Crippen LogP contribution >= 0.6 is 0 Å². The van der Waals surface area contributed by atoms with Gasteiger partial charge in [0.05, 0.1) is 18.5 Å². The number of rotatable bonds is 6. The number of ether oxygens (including phenoxy) is 1. The lowest BCUT2D eigenvalue weighted by atomic mass is 10.1. The number of fused-ring (bicyclic) bond motifs is 1. The van der Waals surface area contributed by atoms with Crippen LogP contribution in [-0.4, -0.2) is 63.8 Å². The summed E-state index contributed by atoms with van der Waals surface area (Å²) in [7, 11) is 1.61. The van der Waals surface area contributed by atoms with Crippen LogP contribution < -0.4 is 15.0 Å². The van der Waals surface area contributed by atoms with Crippen LogP contribution in [0.15, 0.2) is 61.1 Å². The average Bonchev–Trinajstić information content (AvgIpc) is 3.61. The molecule has 168 valence electrons. The minimum absolute atomic E-state index is 0.567. The molecule has 1 saturated carbocycles. The monoisotopic (exact) mass is 441 g/mol. The number of pyridine rings is 2. The van der Waals surface area contributed by atoms with Crippen LogP contribution in [0, 0.1) is 0 Å². The minimum Gasteiger partial charge on any atom is -0.481 e. The van der Waals surface area contributed by atoms with Crippen molar-refractivity contribution in [3.05, 3.63) is 61.1 Å². The molecule has 1 aromatic carbocycles. The molecule has 0 bridgehead atoms. The third kappa shape index (κ3) is 3.98. The summed E-state index contributed by atoms with van der Waals surface area (Å²) in [4.78, 5) is 13.8. The van der Waals surface area contributed by atoms with Crippen LogP contribution in [0.5, 0.6) is 5.88 Å². The molecular weight excluding hydrogens is 414 g/mol. The highest BCUT2D eigenvalue weighted by molar-refractivity contribution is 5.78. The summed E-state index contributed by atoms with van der Waals surface area (Å²) in [5.41, 5.74) is 5.88. The Kier molecular flexibility index (Phi) is 5.07. The maximum Gasteiger partial charge on any atom is 0.213 e. The van der Waals surface area contributed by atoms with E-state index in [1.165, 1.54) is 31.6 Å². The molecule has 2 fully saturated rings. The van der Waals surface area contributed by atoms with Gasteiger partial charge in [0.25, 0.3) is 0 Å². The van der Waals surface area contributed by atoms with Crippen LogP contribution in [0.3, 0.4) is 0 Å². The maximum atomic E-state index is 5.27. The van der Waals surface area contributed by atoms with Crippen LogP contribution in [0.25, 0.3) is 16.9 Å². The number of piperazine rings is 1. The van der Waals surface area contributed by atoms with Crippen LogP contribution in [0.1, 0.15) is 12.8 Å². The maximum absolute atomic E-state index is 5.27. The predicted molar refractivity (Wildman–Crippen MR) is 129 cm³/mol. The van der Waals surface area contributed by atoms with Gasteiger partial charge in [-0.05, 0) is 55.3 Å². The van der Waals surface area contributed by atoms with Gasteiger partial charge >= 0.3 is 0 Å². The standard InChI is InChI=1S/C25H27N7O/c1-33-24-16-18(10-11-26-24)23-9-8-22(25-27-17-28-32(23)25)29-19-2-4-20(5-3-19)30-12-14-31(15-13-30)21-6-7-21/h2-5,8-11,16-17,21,29H,6-7,12-15H2,1H3. The van der Waals surface area contributed by atoms with E-state index in [1.807, 2.05) is 28.8 Å². The summed E-state index contributed by atoms with van der Waals surface area (Å²) in [6.45, 7) is 4.55. The molecule has 6 rings (SSSR count). The Morgan fingerprint density at radius 3 is 2.52 bits per heavy atom. The largest absolute Gasteiger partial charge is 0.481 e. The van der Waals surface area contributed by atoms with Crippen LogP contribution in [0.4, 0.5) is 17.1 Å². The van der Waals surface area contributed by atoms with Gasteiger partial charge in [-0.25, -0.2) is 14.5 Å². The van der Waals surface area contributed by atoms with Crippen molar-refractivity contribution in [1.29, 1.82) is 0 Å². The van der Waals surface area contributed by atoms with Gasteiger partial charge in [0.15, 0.2) is 5.65 Å². The van der Waals surface area contributed by atoms with Gasteiger partial charge in [0.1, 0.15) is 6.33 Å². The molecular formula is C25H27N7O. The predicted octanol–water partition coefficient (Wildman–Crippen LogP) is 3.83. The van der Waals surface area contributed by atoms with Crippen molar-refractivity contribution in [1.82, 2.24) is 24.5 Å². The Hall–Kier alpha value is -3.65. The molecule has 33 heavy (non-hydrogen) atoms. The molecule has 0 spiro atoms. The summed E-state index contributed by atoms with van der Waals surface area (Å²) in [6, 6.07) is 17.4. The van der Waals surface area contributed by atoms with Crippen molar-refractivity contribution >= 4 is 22.7 Å². The molecule has 8 nitrogen and oxygen atoms in total. The summed E-state index contributed by atoms with van der Waals surface area (Å²) in [5, 5.41) is 7.95. The average molecular weight is 442 g/mol. The molecule has 4 heterocycles. The van der Waals surface area contributed by atoms with Crippen LogP contribution in [-0.2, 0) is 0 Å². The normalized spacial score (nSPS) is 16.8. The Morgan fingerprint density at radius 1 is 0.939 bits per heavy atom. The molecule has 1 aliphatic heterocycles. The molecule has 8 heteroatoms. The second kappa shape index (κ2) is 8.37. The molecule has 0 amide bonds. The first-order valence-corrected chi connectivity index (χ1v) is 11.5. The van der Waals surface area contributed by atoms with E-state index in [1.54, 1.807) is 19.6 Å².